The van der Waals surface area contributed by atoms with Gasteiger partial charge in [0.05, 0.1) is 12.0 Å². The molecule has 0 radical (unpaired) electrons. The van der Waals surface area contributed by atoms with Gasteiger partial charge in [0.2, 0.25) is 10.0 Å². The Hall–Kier alpha value is -3.23. The molecular weight excluding hydrogens is 402 g/mol. The van der Waals surface area contributed by atoms with Crippen LogP contribution < -0.4 is 10.1 Å². The number of pyridine rings is 1. The fourth-order valence-corrected chi connectivity index (χ4v) is 3.98. The number of carbonyl (C=O) groups excluding carboxylic acids is 1. The molecule has 1 N–H and O–H groups in total. The van der Waals surface area contributed by atoms with Crippen LogP contribution in [0.5, 0.6) is 5.75 Å². The predicted octanol–water partition coefficient (Wildman–Crippen LogP) is 2.84. The smallest absolute Gasteiger partial charge is 0.251 e. The van der Waals surface area contributed by atoms with Crippen LogP contribution in [0.15, 0.2) is 78.0 Å². The fourth-order valence-electron chi connectivity index (χ4n) is 2.82. The maximum atomic E-state index is 12.7. The van der Waals surface area contributed by atoms with E-state index in [1.54, 1.807) is 48.8 Å². The van der Waals surface area contributed by atoms with E-state index in [4.69, 9.17) is 4.74 Å². The van der Waals surface area contributed by atoms with Crippen LogP contribution in [0.3, 0.4) is 0 Å². The molecule has 0 fully saturated rings. The lowest BCUT2D eigenvalue weighted by Crippen LogP contribution is -2.26. The molecule has 0 spiro atoms. The van der Waals surface area contributed by atoms with Gasteiger partial charge in [-0.25, -0.2) is 8.42 Å². The lowest BCUT2D eigenvalue weighted by atomic mass is 10.1. The van der Waals surface area contributed by atoms with Gasteiger partial charge in [-0.1, -0.05) is 18.2 Å². The maximum Gasteiger partial charge on any atom is 0.251 e. The number of methoxy groups -OCH3 is 1. The second-order valence-corrected chi connectivity index (χ2v) is 8.72. The van der Waals surface area contributed by atoms with Crippen molar-refractivity contribution in [3.05, 3.63) is 89.7 Å². The molecule has 0 aliphatic heterocycles. The highest BCUT2D eigenvalue weighted by Gasteiger charge is 2.21. The summed E-state index contributed by atoms with van der Waals surface area (Å²) in [7, 11) is -0.587. The minimum atomic E-state index is -3.64. The van der Waals surface area contributed by atoms with Crippen LogP contribution in [0.1, 0.15) is 21.5 Å². The molecule has 1 heterocycles. The molecule has 30 heavy (non-hydrogen) atoms. The van der Waals surface area contributed by atoms with E-state index < -0.39 is 10.0 Å². The van der Waals surface area contributed by atoms with Gasteiger partial charge in [-0.3, -0.25) is 9.78 Å². The van der Waals surface area contributed by atoms with E-state index in [2.05, 4.69) is 10.3 Å². The summed E-state index contributed by atoms with van der Waals surface area (Å²) in [6.07, 6.45) is 3.37. The van der Waals surface area contributed by atoms with Crippen molar-refractivity contribution in [2.24, 2.45) is 0 Å². The Morgan fingerprint density at radius 3 is 2.33 bits per heavy atom. The van der Waals surface area contributed by atoms with Crippen LogP contribution in [-0.2, 0) is 23.1 Å². The number of amides is 1. The second kappa shape index (κ2) is 9.51. The first kappa shape index (κ1) is 21.5. The highest BCUT2D eigenvalue weighted by atomic mass is 32.2. The molecule has 0 aliphatic rings. The summed E-state index contributed by atoms with van der Waals surface area (Å²) < 4.78 is 31.8. The van der Waals surface area contributed by atoms with Crippen LogP contribution in [0.4, 0.5) is 0 Å². The molecular formula is C22H23N3O4S. The summed E-state index contributed by atoms with van der Waals surface area (Å²) in [5.74, 6) is 0.388. The lowest BCUT2D eigenvalue weighted by Gasteiger charge is -2.17. The van der Waals surface area contributed by atoms with E-state index in [0.29, 0.717) is 17.9 Å². The average molecular weight is 426 g/mol. The largest absolute Gasteiger partial charge is 0.497 e. The van der Waals surface area contributed by atoms with E-state index in [9.17, 15) is 13.2 Å². The number of hydrogen-bond acceptors (Lipinski definition) is 5. The Labute approximate surface area is 176 Å². The molecule has 0 saturated heterocycles. The Morgan fingerprint density at radius 2 is 1.73 bits per heavy atom. The summed E-state index contributed by atoms with van der Waals surface area (Å²) >= 11 is 0. The van der Waals surface area contributed by atoms with Crippen LogP contribution >= 0.6 is 0 Å². The summed E-state index contributed by atoms with van der Waals surface area (Å²) in [6, 6.07) is 16.8. The third kappa shape index (κ3) is 5.22. The number of nitrogens with one attached hydrogen (secondary N) is 1. The second-order valence-electron chi connectivity index (χ2n) is 6.68. The monoisotopic (exact) mass is 425 g/mol. The third-order valence-electron chi connectivity index (χ3n) is 4.56. The third-order valence-corrected chi connectivity index (χ3v) is 6.38. The number of sulfonamides is 1. The maximum absolute atomic E-state index is 12.7. The molecule has 1 amide bonds. The van der Waals surface area contributed by atoms with Crippen LogP contribution in [0.25, 0.3) is 0 Å². The molecule has 1 aromatic heterocycles. The molecule has 156 valence electrons. The van der Waals surface area contributed by atoms with Crippen molar-refractivity contribution in [1.29, 1.82) is 0 Å². The van der Waals surface area contributed by atoms with Gasteiger partial charge in [0.15, 0.2) is 0 Å². The first-order valence-electron chi connectivity index (χ1n) is 9.26. The Balaban J connectivity index is 1.62. The number of ether oxygens (including phenoxy) is 1. The Kier molecular flexibility index (Phi) is 6.81. The minimum absolute atomic E-state index is 0.186. The highest BCUT2D eigenvalue weighted by Crippen LogP contribution is 2.20. The molecule has 0 bridgehead atoms. The van der Waals surface area contributed by atoms with Gasteiger partial charge < -0.3 is 10.1 Å². The van der Waals surface area contributed by atoms with Crippen molar-refractivity contribution in [2.75, 3.05) is 14.2 Å². The number of carbonyl (C=O) groups is 1. The van der Waals surface area contributed by atoms with Gasteiger partial charge in [-0.2, -0.15) is 4.31 Å². The quantitative estimate of drug-likeness (QED) is 0.600. The topological polar surface area (TPSA) is 88.6 Å². The van der Waals surface area contributed by atoms with Crippen LogP contribution in [0.2, 0.25) is 0 Å². The number of rotatable bonds is 8. The summed E-state index contributed by atoms with van der Waals surface area (Å²) in [6.45, 7) is 0.573. The molecule has 2 aromatic carbocycles. The number of hydrogen-bond donors (Lipinski definition) is 1. The van der Waals surface area contributed by atoms with E-state index in [-0.39, 0.29) is 17.3 Å². The first-order valence-corrected chi connectivity index (χ1v) is 10.7. The SMILES string of the molecule is COc1ccc(S(=O)(=O)N(C)Cc2ccc(C(=O)NCc3cccnc3)cc2)cc1. The zero-order valence-corrected chi connectivity index (χ0v) is 17.6. The normalized spacial score (nSPS) is 11.3. The number of aromatic nitrogens is 1. The van der Waals surface area contributed by atoms with Gasteiger partial charge in [-0.05, 0) is 53.6 Å². The van der Waals surface area contributed by atoms with Gasteiger partial charge in [-0.15, -0.1) is 0 Å². The van der Waals surface area contributed by atoms with Gasteiger partial charge in [0.25, 0.3) is 5.91 Å². The molecule has 0 aliphatic carbocycles. The van der Waals surface area contributed by atoms with Crippen LogP contribution in [0, 0.1) is 0 Å². The standard InChI is InChI=1S/C22H23N3O4S/c1-25(30(27,28)21-11-9-20(29-2)10-12-21)16-17-5-7-19(8-6-17)22(26)24-15-18-4-3-13-23-14-18/h3-14H,15-16H2,1-2H3,(H,24,26). The molecule has 3 aromatic rings. The average Bonchev–Trinajstić information content (AvgIpc) is 2.78. The highest BCUT2D eigenvalue weighted by molar-refractivity contribution is 7.89. The molecule has 0 unspecified atom stereocenters. The van der Waals surface area contributed by atoms with E-state index in [1.807, 2.05) is 12.1 Å². The summed E-state index contributed by atoms with van der Waals surface area (Å²) in [5.41, 5.74) is 2.19. The van der Waals surface area contributed by atoms with Crippen molar-refractivity contribution < 1.29 is 17.9 Å². The van der Waals surface area contributed by atoms with Gasteiger partial charge in [0.1, 0.15) is 5.75 Å². The van der Waals surface area contributed by atoms with Crippen LogP contribution in [-0.4, -0.2) is 37.8 Å². The minimum Gasteiger partial charge on any atom is -0.497 e. The Morgan fingerprint density at radius 1 is 1.03 bits per heavy atom. The zero-order chi connectivity index (χ0) is 21.6. The van der Waals surface area contributed by atoms with Gasteiger partial charge >= 0.3 is 0 Å². The van der Waals surface area contributed by atoms with Crippen molar-refractivity contribution in [1.82, 2.24) is 14.6 Å². The fraction of sp³-hybridized carbons (Fsp3) is 0.182. The van der Waals surface area contributed by atoms with E-state index in [1.165, 1.54) is 30.6 Å². The first-order chi connectivity index (χ1) is 14.4. The zero-order valence-electron chi connectivity index (χ0n) is 16.8. The van der Waals surface area contributed by atoms with Crippen molar-refractivity contribution >= 4 is 15.9 Å². The summed E-state index contributed by atoms with van der Waals surface area (Å²) in [5, 5.41) is 2.84. The number of nitrogens with zero attached hydrogens (tertiary/aromatic N) is 2. The molecule has 7 nitrogen and oxygen atoms in total. The Bertz CT molecular complexity index is 1080. The van der Waals surface area contributed by atoms with Crippen molar-refractivity contribution in [3.8, 4) is 5.75 Å². The number of benzene rings is 2. The molecule has 3 rings (SSSR count). The molecule has 0 saturated carbocycles. The predicted molar refractivity (Wildman–Crippen MR) is 113 cm³/mol. The van der Waals surface area contributed by atoms with Gasteiger partial charge in [0, 0.05) is 38.1 Å². The molecule has 0 atom stereocenters. The lowest BCUT2D eigenvalue weighted by molar-refractivity contribution is 0.0951. The molecule has 8 heteroatoms. The van der Waals surface area contributed by atoms with Crippen molar-refractivity contribution in [2.45, 2.75) is 18.0 Å². The van der Waals surface area contributed by atoms with E-state index >= 15 is 0 Å². The van der Waals surface area contributed by atoms with E-state index in [0.717, 1.165) is 11.1 Å². The summed E-state index contributed by atoms with van der Waals surface area (Å²) in [4.78, 5) is 16.5. The van der Waals surface area contributed by atoms with Crippen molar-refractivity contribution in [3.63, 3.8) is 0 Å².